The summed E-state index contributed by atoms with van der Waals surface area (Å²) in [6.07, 6.45) is -3.28. The van der Waals surface area contributed by atoms with Gasteiger partial charge in [-0.1, -0.05) is 36.4 Å². The number of aliphatic imine (C=N–C) groups is 1. The molecule has 0 radical (unpaired) electrons. The number of nitrogens with zero attached hydrogens (tertiary/aromatic N) is 4. The number of alkyl halides is 4. The Labute approximate surface area is 482 Å². The number of halogens is 4. The van der Waals surface area contributed by atoms with Crippen LogP contribution in [0.5, 0.6) is 5.88 Å². The maximum atomic E-state index is 13.4. The largest absolute Gasteiger partial charge is 0.472 e. The number of H-pyrrole nitrogens is 1. The van der Waals surface area contributed by atoms with Crippen LogP contribution in [0.25, 0.3) is 0 Å². The highest BCUT2D eigenvalue weighted by molar-refractivity contribution is 7.93. The van der Waals surface area contributed by atoms with Crippen molar-refractivity contribution in [2.24, 2.45) is 4.99 Å². The van der Waals surface area contributed by atoms with E-state index in [1.165, 1.54) is 31.0 Å². The quantitative estimate of drug-likeness (QED) is 0.0806. The topological polar surface area (TPSA) is 235 Å². The standard InChI is InChI=1S/C20H26F2N2O5S.C19H23F2NO4S.C18H24N2O5S/c1-14-5-4-6-15(9-14)30(25,26)20(2)7-8-28-17(11-20)16-10-19(29-12-18(21)22)23-24(16)13-27-3;1-13-4-3-5-15(8-13)27(23,24)19(2)6-7-25-16(10-19)14-9-18(22-11-14)26-12-17(20)21;1-13-5-4-6-14(9-13)26(22,23)18(2)7-8-25-16(11-18)15-10-17(21)19-20(15)12-24-3/h4-6,9-10,17-18H,7-8,11-13H2,1-3H3;3-5,8-9,16-17H,6-7,10-12H2,1-2H3;4-6,9-10,16H,7-8,11-12H2,1-3H3,(H,19,21). The Morgan fingerprint density at radius 1 is 0.614 bits per heavy atom. The highest BCUT2D eigenvalue weighted by Gasteiger charge is 2.48. The van der Waals surface area contributed by atoms with Gasteiger partial charge in [-0.15, -0.1) is 5.10 Å². The summed E-state index contributed by atoms with van der Waals surface area (Å²) in [7, 11) is -7.75. The number of rotatable bonds is 18. The highest BCUT2D eigenvalue weighted by Crippen LogP contribution is 2.44. The van der Waals surface area contributed by atoms with E-state index in [-0.39, 0.29) is 68.1 Å². The van der Waals surface area contributed by atoms with E-state index in [1.54, 1.807) is 86.1 Å². The minimum atomic E-state index is -3.64. The van der Waals surface area contributed by atoms with E-state index in [1.807, 2.05) is 39.0 Å². The molecule has 0 saturated carbocycles. The summed E-state index contributed by atoms with van der Waals surface area (Å²) < 4.78 is 167. The van der Waals surface area contributed by atoms with E-state index in [9.17, 15) is 47.6 Å². The van der Waals surface area contributed by atoms with Gasteiger partial charge in [-0.25, -0.2) is 52.5 Å². The monoisotopic (exact) mass is 1220 g/mol. The van der Waals surface area contributed by atoms with Crippen molar-refractivity contribution >= 4 is 35.4 Å². The Bertz CT molecular complexity index is 3520. The number of aryl methyl sites for hydroxylation is 3. The van der Waals surface area contributed by atoms with Crippen LogP contribution in [0.15, 0.2) is 121 Å². The number of benzene rings is 3. The first kappa shape index (κ1) is 64.8. The van der Waals surface area contributed by atoms with E-state index in [4.69, 9.17) is 33.2 Å². The first-order chi connectivity index (χ1) is 39.1. The first-order valence-corrected chi connectivity index (χ1v) is 31.3. The van der Waals surface area contributed by atoms with Gasteiger partial charge in [0.15, 0.2) is 42.7 Å². The molecule has 4 aliphatic rings. The molecule has 9 rings (SSSR count). The predicted molar refractivity (Wildman–Crippen MR) is 300 cm³/mol. The first-order valence-electron chi connectivity index (χ1n) is 26.8. The van der Waals surface area contributed by atoms with Crippen LogP contribution in [0.2, 0.25) is 0 Å². The highest BCUT2D eigenvalue weighted by atomic mass is 32.2. The zero-order valence-corrected chi connectivity index (χ0v) is 50.1. The summed E-state index contributed by atoms with van der Waals surface area (Å²) in [5.74, 6) is 0.155. The second-order valence-electron chi connectivity index (χ2n) is 21.7. The van der Waals surface area contributed by atoms with Gasteiger partial charge >= 0.3 is 0 Å². The molecule has 19 nitrogen and oxygen atoms in total. The van der Waals surface area contributed by atoms with Gasteiger partial charge < -0.3 is 33.2 Å². The van der Waals surface area contributed by atoms with Gasteiger partial charge in [0.1, 0.15) is 25.7 Å². The van der Waals surface area contributed by atoms with Crippen molar-refractivity contribution in [2.75, 3.05) is 53.8 Å². The van der Waals surface area contributed by atoms with Crippen molar-refractivity contribution in [2.45, 2.75) is 154 Å². The van der Waals surface area contributed by atoms with E-state index in [0.717, 1.165) is 22.3 Å². The van der Waals surface area contributed by atoms with Crippen LogP contribution in [0.1, 0.15) is 99.6 Å². The van der Waals surface area contributed by atoms with Gasteiger partial charge in [-0.3, -0.25) is 14.6 Å². The second-order valence-corrected chi connectivity index (χ2v) is 29.1. The number of aromatic nitrogens is 4. The van der Waals surface area contributed by atoms with Crippen LogP contribution in [-0.2, 0) is 71.4 Å². The lowest BCUT2D eigenvalue weighted by molar-refractivity contribution is -0.00927. The van der Waals surface area contributed by atoms with Crippen LogP contribution in [0, 0.1) is 20.8 Å². The van der Waals surface area contributed by atoms with Gasteiger partial charge in [0, 0.05) is 52.2 Å². The molecule has 0 bridgehead atoms. The van der Waals surface area contributed by atoms with Crippen molar-refractivity contribution in [3.8, 4) is 5.88 Å². The van der Waals surface area contributed by atoms with Crippen LogP contribution in [-0.4, -0.2) is 138 Å². The summed E-state index contributed by atoms with van der Waals surface area (Å²) >= 11 is 0. The number of nitrogens with one attached hydrogen (secondary N) is 1. The Kier molecular flexibility index (Phi) is 21.2. The van der Waals surface area contributed by atoms with Crippen molar-refractivity contribution in [3.63, 3.8) is 0 Å². The Morgan fingerprint density at radius 2 is 1.05 bits per heavy atom. The van der Waals surface area contributed by atoms with Gasteiger partial charge in [0.25, 0.3) is 18.4 Å². The predicted octanol–water partition coefficient (Wildman–Crippen LogP) is 9.02. The lowest BCUT2D eigenvalue weighted by Gasteiger charge is -2.38. The fourth-order valence-electron chi connectivity index (χ4n) is 10.4. The number of hydrogen-bond acceptors (Lipinski definition) is 16. The van der Waals surface area contributed by atoms with Gasteiger partial charge in [-0.2, -0.15) is 0 Å². The molecule has 6 atom stereocenters. The van der Waals surface area contributed by atoms with Crippen LogP contribution in [0.4, 0.5) is 17.6 Å². The molecule has 0 aliphatic carbocycles. The molecule has 3 saturated heterocycles. The molecular weight excluding hydrogens is 1150 g/mol. The molecule has 456 valence electrons. The van der Waals surface area contributed by atoms with Crippen molar-refractivity contribution in [1.82, 2.24) is 19.6 Å². The van der Waals surface area contributed by atoms with Gasteiger partial charge in [0.05, 0.1) is 53.0 Å². The Hall–Kier alpha value is -5.74. The molecule has 5 aromatic rings. The normalized spacial score (nSPS) is 24.0. The summed E-state index contributed by atoms with van der Waals surface area (Å²) in [5, 5.41) is 6.79. The fourth-order valence-corrected chi connectivity index (χ4v) is 16.0. The molecule has 3 fully saturated rings. The number of aromatic amines is 1. The van der Waals surface area contributed by atoms with Crippen molar-refractivity contribution in [1.29, 1.82) is 0 Å². The average molecular weight is 1220 g/mol. The van der Waals surface area contributed by atoms with Crippen LogP contribution < -0.4 is 10.3 Å². The van der Waals surface area contributed by atoms with E-state index < -0.39 is 88.1 Å². The number of ether oxygens (including phenoxy) is 7. The number of methoxy groups -OCH3 is 2. The Balaban J connectivity index is 0.000000179. The molecule has 6 heterocycles. The zero-order valence-electron chi connectivity index (χ0n) is 47.7. The minimum Gasteiger partial charge on any atom is -0.472 e. The zero-order chi connectivity index (χ0) is 60.5. The van der Waals surface area contributed by atoms with Gasteiger partial charge in [0.2, 0.25) is 11.8 Å². The minimum absolute atomic E-state index is 0.0137. The molecule has 2 aromatic heterocycles. The van der Waals surface area contributed by atoms with Crippen LogP contribution >= 0.6 is 0 Å². The van der Waals surface area contributed by atoms with Crippen LogP contribution in [0.3, 0.4) is 0 Å². The van der Waals surface area contributed by atoms with Crippen molar-refractivity contribution in [3.05, 3.63) is 135 Å². The molecule has 3 aromatic carbocycles. The molecule has 83 heavy (non-hydrogen) atoms. The van der Waals surface area contributed by atoms with E-state index >= 15 is 0 Å². The SMILES string of the molecule is COCn1[nH]c(=O)cc1C1CC(C)(S(=O)(=O)c2cccc(C)c2)CCO1.COCn1nc(OCC(F)F)cc1C1CC(C)(S(=O)(=O)c2cccc(C)c2)CCO1.Cc1cccc(S(=O)(=O)C2(C)CCOC(C3=CC(OCC(F)F)=NC3)C2)c1. The fraction of sp³-hybridized carbons (Fsp3) is 0.526. The molecule has 1 N–H and O–H groups in total. The molecule has 0 amide bonds. The summed E-state index contributed by atoms with van der Waals surface area (Å²) in [4.78, 5) is 16.7. The van der Waals surface area contributed by atoms with E-state index in [0.29, 0.717) is 53.7 Å². The third-order valence-electron chi connectivity index (χ3n) is 15.2. The maximum absolute atomic E-state index is 13.4. The van der Waals surface area contributed by atoms with Gasteiger partial charge in [-0.05, 0) is 139 Å². The smallest absolute Gasteiger partial charge is 0.272 e. The third-order valence-corrected chi connectivity index (χ3v) is 22.8. The lowest BCUT2D eigenvalue weighted by Crippen LogP contribution is -2.45. The molecule has 6 unspecified atom stereocenters. The maximum Gasteiger partial charge on any atom is 0.272 e. The summed E-state index contributed by atoms with van der Waals surface area (Å²) in [5.41, 5.74) is 4.25. The third kappa shape index (κ3) is 15.2. The summed E-state index contributed by atoms with van der Waals surface area (Å²) in [6.45, 7) is 10.6. The second kappa shape index (κ2) is 27.1. The summed E-state index contributed by atoms with van der Waals surface area (Å²) in [6, 6.07) is 23.6. The number of hydrogen-bond donors (Lipinski definition) is 1. The molecular formula is C57H73F4N5O14S3. The molecule has 4 aliphatic heterocycles. The molecule has 0 spiro atoms. The Morgan fingerprint density at radius 3 is 1.49 bits per heavy atom. The van der Waals surface area contributed by atoms with Crippen molar-refractivity contribution < 1.29 is 76.0 Å². The van der Waals surface area contributed by atoms with E-state index in [2.05, 4.69) is 15.2 Å². The molecule has 26 heteroatoms. The lowest BCUT2D eigenvalue weighted by atomic mass is 9.92. The average Bonchev–Trinajstić information content (AvgIpc) is 4.21. The number of sulfone groups is 3.